The molecule has 0 aliphatic carbocycles. The van der Waals surface area contributed by atoms with Gasteiger partial charge in [-0.2, -0.15) is 0 Å². The Kier molecular flexibility index (Phi) is 11.1. The van der Waals surface area contributed by atoms with Crippen molar-refractivity contribution >= 4 is 27.5 Å². The number of nitrogens with zero attached hydrogens (tertiary/aromatic N) is 2. The van der Waals surface area contributed by atoms with Crippen molar-refractivity contribution in [2.45, 2.75) is 57.5 Å². The molecule has 0 aliphatic heterocycles. The summed E-state index contributed by atoms with van der Waals surface area (Å²) in [6.45, 7) is 5.93. The second kappa shape index (κ2) is 14.5. The molecule has 214 valence electrons. The Labute approximate surface area is 238 Å². The van der Waals surface area contributed by atoms with Gasteiger partial charge < -0.3 is 15.0 Å². The molecular formula is C31H39N3O5S. The third kappa shape index (κ3) is 7.85. The number of aryl methyl sites for hydroxylation is 1. The fraction of sp³-hybridized carbons (Fsp3) is 0.355. The van der Waals surface area contributed by atoms with Crippen LogP contribution in [-0.2, 0) is 26.2 Å². The van der Waals surface area contributed by atoms with Crippen molar-refractivity contribution in [3.8, 4) is 5.75 Å². The summed E-state index contributed by atoms with van der Waals surface area (Å²) >= 11 is 0. The summed E-state index contributed by atoms with van der Waals surface area (Å²) in [5.74, 6) is -0.0642. The summed E-state index contributed by atoms with van der Waals surface area (Å²) in [5.41, 5.74) is 2.03. The van der Waals surface area contributed by atoms with Crippen molar-refractivity contribution in [1.82, 2.24) is 10.2 Å². The summed E-state index contributed by atoms with van der Waals surface area (Å²) < 4.78 is 34.1. The summed E-state index contributed by atoms with van der Waals surface area (Å²) in [6.07, 6.45) is 2.12. The number of ether oxygens (including phenoxy) is 1. The Morgan fingerprint density at radius 1 is 0.950 bits per heavy atom. The molecule has 0 heterocycles. The highest BCUT2D eigenvalue weighted by molar-refractivity contribution is 7.92. The molecule has 0 bridgehead atoms. The van der Waals surface area contributed by atoms with Crippen molar-refractivity contribution in [3.05, 3.63) is 90.0 Å². The predicted molar refractivity (Wildman–Crippen MR) is 158 cm³/mol. The zero-order chi connectivity index (χ0) is 29.1. The van der Waals surface area contributed by atoms with Crippen LogP contribution >= 0.6 is 0 Å². The van der Waals surface area contributed by atoms with Gasteiger partial charge in [-0.05, 0) is 67.3 Å². The van der Waals surface area contributed by atoms with Gasteiger partial charge in [0.2, 0.25) is 11.8 Å². The number of amides is 2. The fourth-order valence-electron chi connectivity index (χ4n) is 4.38. The molecule has 0 spiro atoms. The largest absolute Gasteiger partial charge is 0.497 e. The number of nitrogens with one attached hydrogen (secondary N) is 1. The fourth-order valence-corrected chi connectivity index (χ4v) is 5.81. The summed E-state index contributed by atoms with van der Waals surface area (Å²) in [5, 5.41) is 2.94. The van der Waals surface area contributed by atoms with Gasteiger partial charge in [-0.1, -0.05) is 62.7 Å². The van der Waals surface area contributed by atoms with Gasteiger partial charge in [0.25, 0.3) is 10.0 Å². The number of rotatable bonds is 14. The van der Waals surface area contributed by atoms with Crippen LogP contribution in [0.3, 0.4) is 0 Å². The maximum Gasteiger partial charge on any atom is 0.264 e. The molecule has 0 radical (unpaired) electrons. The number of carbonyl (C=O) groups excluding carboxylic acids is 2. The second-order valence-corrected chi connectivity index (χ2v) is 11.5. The van der Waals surface area contributed by atoms with Crippen LogP contribution in [0.2, 0.25) is 0 Å². The van der Waals surface area contributed by atoms with E-state index in [1.165, 1.54) is 17.0 Å². The van der Waals surface area contributed by atoms with Crippen LogP contribution in [0.15, 0.2) is 83.8 Å². The van der Waals surface area contributed by atoms with Crippen LogP contribution in [0.4, 0.5) is 5.69 Å². The van der Waals surface area contributed by atoms with Crippen molar-refractivity contribution in [2.75, 3.05) is 24.5 Å². The van der Waals surface area contributed by atoms with Crippen molar-refractivity contribution in [3.63, 3.8) is 0 Å². The highest BCUT2D eigenvalue weighted by Gasteiger charge is 2.33. The van der Waals surface area contributed by atoms with E-state index >= 15 is 0 Å². The molecule has 1 atom stereocenters. The number of sulfonamides is 1. The van der Waals surface area contributed by atoms with Gasteiger partial charge in [-0.25, -0.2) is 8.42 Å². The molecule has 0 unspecified atom stereocenters. The third-order valence-corrected chi connectivity index (χ3v) is 8.42. The number of benzene rings is 3. The lowest BCUT2D eigenvalue weighted by Crippen LogP contribution is -2.52. The van der Waals surface area contributed by atoms with E-state index in [4.69, 9.17) is 4.74 Å². The maximum absolute atomic E-state index is 14.1. The molecule has 2 amide bonds. The van der Waals surface area contributed by atoms with Crippen LogP contribution in [0.1, 0.15) is 44.2 Å². The molecule has 0 fully saturated rings. The van der Waals surface area contributed by atoms with Gasteiger partial charge in [0.15, 0.2) is 0 Å². The minimum Gasteiger partial charge on any atom is -0.497 e. The maximum atomic E-state index is 14.1. The average Bonchev–Trinajstić information content (AvgIpc) is 2.96. The summed E-state index contributed by atoms with van der Waals surface area (Å²) in [6, 6.07) is 21.5. The standard InChI is InChI=1S/C31H39N3O5S/c1-5-7-20-32-31(36)29(6-2)33(22-25-16-18-27(39-4)19-17-25)30(35)23-34(26-13-11-12-24(3)21-26)40(37,38)28-14-9-8-10-15-28/h8-19,21,29H,5-7,20,22-23H2,1-4H3,(H,32,36)/t29-/m0/s1. The molecule has 3 aromatic rings. The number of hydrogen-bond acceptors (Lipinski definition) is 5. The van der Waals surface area contributed by atoms with E-state index < -0.39 is 28.5 Å². The lowest BCUT2D eigenvalue weighted by atomic mass is 10.1. The molecule has 0 saturated heterocycles. The highest BCUT2D eigenvalue weighted by Crippen LogP contribution is 2.26. The Bertz CT molecular complexity index is 1360. The molecule has 1 N–H and O–H groups in total. The molecule has 8 nitrogen and oxygen atoms in total. The zero-order valence-electron chi connectivity index (χ0n) is 23.7. The molecule has 3 aromatic carbocycles. The lowest BCUT2D eigenvalue weighted by molar-refractivity contribution is -0.140. The summed E-state index contributed by atoms with van der Waals surface area (Å²) in [4.78, 5) is 28.9. The Morgan fingerprint density at radius 2 is 1.65 bits per heavy atom. The van der Waals surface area contributed by atoms with Crippen LogP contribution < -0.4 is 14.4 Å². The van der Waals surface area contributed by atoms with E-state index in [0.717, 1.165) is 28.3 Å². The minimum atomic E-state index is -4.08. The number of unbranched alkanes of at least 4 members (excludes halogenated alkanes) is 1. The lowest BCUT2D eigenvalue weighted by Gasteiger charge is -2.33. The van der Waals surface area contributed by atoms with Gasteiger partial charge in [-0.3, -0.25) is 13.9 Å². The number of anilines is 1. The number of methoxy groups -OCH3 is 1. The number of carbonyl (C=O) groups is 2. The SMILES string of the molecule is CCCCNC(=O)[C@H](CC)N(Cc1ccc(OC)cc1)C(=O)CN(c1cccc(C)c1)S(=O)(=O)c1ccccc1. The first-order chi connectivity index (χ1) is 19.2. The normalized spacial score (nSPS) is 11.9. The van der Waals surface area contributed by atoms with Crippen molar-refractivity contribution in [2.24, 2.45) is 0 Å². The van der Waals surface area contributed by atoms with Gasteiger partial charge in [-0.15, -0.1) is 0 Å². The Hall–Kier alpha value is -3.85. The highest BCUT2D eigenvalue weighted by atomic mass is 32.2. The molecular weight excluding hydrogens is 526 g/mol. The molecule has 3 rings (SSSR count). The summed E-state index contributed by atoms with van der Waals surface area (Å²) in [7, 11) is -2.51. The van der Waals surface area contributed by atoms with Crippen LogP contribution in [0.5, 0.6) is 5.75 Å². The number of hydrogen-bond donors (Lipinski definition) is 1. The van der Waals surface area contributed by atoms with E-state index in [1.54, 1.807) is 55.6 Å². The van der Waals surface area contributed by atoms with Crippen LogP contribution in [0.25, 0.3) is 0 Å². The molecule has 40 heavy (non-hydrogen) atoms. The van der Waals surface area contributed by atoms with E-state index in [1.807, 2.05) is 39.0 Å². The Balaban J connectivity index is 2.02. The zero-order valence-corrected chi connectivity index (χ0v) is 24.5. The minimum absolute atomic E-state index is 0.0790. The Morgan fingerprint density at radius 3 is 2.25 bits per heavy atom. The second-order valence-electron chi connectivity index (χ2n) is 9.60. The van der Waals surface area contributed by atoms with E-state index in [0.29, 0.717) is 24.4 Å². The van der Waals surface area contributed by atoms with E-state index in [-0.39, 0.29) is 17.3 Å². The van der Waals surface area contributed by atoms with Crippen LogP contribution in [0, 0.1) is 6.92 Å². The van der Waals surface area contributed by atoms with Gasteiger partial charge in [0.1, 0.15) is 18.3 Å². The van der Waals surface area contributed by atoms with Crippen molar-refractivity contribution < 1.29 is 22.7 Å². The molecule has 0 aromatic heterocycles. The monoisotopic (exact) mass is 565 g/mol. The molecule has 9 heteroatoms. The van der Waals surface area contributed by atoms with Gasteiger partial charge >= 0.3 is 0 Å². The topological polar surface area (TPSA) is 96.0 Å². The van der Waals surface area contributed by atoms with Crippen molar-refractivity contribution in [1.29, 1.82) is 0 Å². The average molecular weight is 566 g/mol. The molecule has 0 aliphatic rings. The van der Waals surface area contributed by atoms with Gasteiger partial charge in [0.05, 0.1) is 17.7 Å². The van der Waals surface area contributed by atoms with E-state index in [9.17, 15) is 18.0 Å². The first-order valence-corrected chi connectivity index (χ1v) is 15.0. The quantitative estimate of drug-likeness (QED) is 0.280. The van der Waals surface area contributed by atoms with Crippen LogP contribution in [-0.4, -0.2) is 51.4 Å². The molecule has 0 saturated carbocycles. The van der Waals surface area contributed by atoms with Gasteiger partial charge in [0, 0.05) is 13.1 Å². The smallest absolute Gasteiger partial charge is 0.264 e. The van der Waals surface area contributed by atoms with E-state index in [2.05, 4.69) is 5.32 Å². The third-order valence-electron chi connectivity index (χ3n) is 6.63. The first kappa shape index (κ1) is 30.7. The predicted octanol–water partition coefficient (Wildman–Crippen LogP) is 4.92. The first-order valence-electron chi connectivity index (χ1n) is 13.6.